The molecule has 0 bridgehead atoms. The van der Waals surface area contributed by atoms with Crippen molar-refractivity contribution in [2.75, 3.05) is 20.3 Å². The van der Waals surface area contributed by atoms with Crippen molar-refractivity contribution in [2.24, 2.45) is 0 Å². The zero-order valence-corrected chi connectivity index (χ0v) is 10.0. The first-order valence-electron chi connectivity index (χ1n) is 4.42. The molecule has 0 aromatic heterocycles. The van der Waals surface area contributed by atoms with Gasteiger partial charge in [0.1, 0.15) is 11.6 Å². The summed E-state index contributed by atoms with van der Waals surface area (Å²) in [5.74, 6) is 0.164. The van der Waals surface area contributed by atoms with Gasteiger partial charge in [-0.05, 0) is 12.1 Å². The number of hydrogen-bond donors (Lipinski definition) is 0. The van der Waals surface area contributed by atoms with Crippen molar-refractivity contribution in [2.45, 2.75) is 0 Å². The molecule has 0 saturated heterocycles. The highest BCUT2D eigenvalue weighted by molar-refractivity contribution is 6.42. The average Bonchev–Trinajstić information content (AvgIpc) is 2.25. The molecule has 4 nitrogen and oxygen atoms in total. The van der Waals surface area contributed by atoms with Crippen molar-refractivity contribution >= 4 is 29.4 Å². The molecular weight excluding hydrogens is 255 g/mol. The largest absolute Gasteiger partial charge is 0.513 e. The number of carbonyl (C=O) groups excluding carboxylic acids is 1. The van der Waals surface area contributed by atoms with E-state index in [1.54, 1.807) is 12.1 Å². The van der Waals surface area contributed by atoms with Gasteiger partial charge in [0.25, 0.3) is 0 Å². The molecule has 6 heteroatoms. The third-order valence-corrected chi connectivity index (χ3v) is 2.42. The molecule has 0 aliphatic carbocycles. The molecule has 1 aromatic carbocycles. The van der Waals surface area contributed by atoms with Crippen LogP contribution in [-0.4, -0.2) is 26.5 Å². The summed E-state index contributed by atoms with van der Waals surface area (Å²) in [5.41, 5.74) is 0. The molecule has 0 heterocycles. The second-order valence-corrected chi connectivity index (χ2v) is 3.53. The second kappa shape index (κ2) is 6.58. The predicted octanol–water partition coefficient (Wildman–Crippen LogP) is 3.16. The quantitative estimate of drug-likeness (QED) is 0.476. The van der Waals surface area contributed by atoms with Gasteiger partial charge in [-0.3, -0.25) is 0 Å². The van der Waals surface area contributed by atoms with E-state index in [1.165, 1.54) is 13.2 Å². The molecular formula is C10H10Cl2O4. The maximum atomic E-state index is 11.1. The SMILES string of the molecule is COCCOC(=O)Oc1cccc(Cl)c1Cl. The second-order valence-electron chi connectivity index (χ2n) is 2.75. The minimum Gasteiger partial charge on any atom is -0.432 e. The van der Waals surface area contributed by atoms with Crippen molar-refractivity contribution < 1.29 is 19.0 Å². The lowest BCUT2D eigenvalue weighted by molar-refractivity contribution is 0.0686. The summed E-state index contributed by atoms with van der Waals surface area (Å²) in [6, 6.07) is 4.73. The molecule has 0 aliphatic heterocycles. The number of rotatable bonds is 4. The molecule has 0 spiro atoms. The zero-order valence-electron chi connectivity index (χ0n) is 8.54. The van der Waals surface area contributed by atoms with Gasteiger partial charge >= 0.3 is 6.16 Å². The molecule has 0 aliphatic rings. The third kappa shape index (κ3) is 3.89. The normalized spacial score (nSPS) is 9.94. The molecule has 0 amide bonds. The Balaban J connectivity index is 2.53. The maximum absolute atomic E-state index is 11.1. The molecule has 0 unspecified atom stereocenters. The summed E-state index contributed by atoms with van der Waals surface area (Å²) in [6.07, 6.45) is -0.846. The summed E-state index contributed by atoms with van der Waals surface area (Å²) in [6.45, 7) is 0.423. The van der Waals surface area contributed by atoms with Crippen molar-refractivity contribution in [1.82, 2.24) is 0 Å². The summed E-state index contributed by atoms with van der Waals surface area (Å²) in [5, 5.41) is 0.483. The van der Waals surface area contributed by atoms with Gasteiger partial charge in [-0.25, -0.2) is 4.79 Å². The van der Waals surface area contributed by atoms with Crippen LogP contribution >= 0.6 is 23.2 Å². The molecule has 0 N–H and O–H groups in total. The van der Waals surface area contributed by atoms with Crippen LogP contribution in [0.25, 0.3) is 0 Å². The third-order valence-electron chi connectivity index (χ3n) is 1.62. The van der Waals surface area contributed by atoms with Gasteiger partial charge in [0, 0.05) is 7.11 Å². The Morgan fingerprint density at radius 2 is 2.06 bits per heavy atom. The first kappa shape index (κ1) is 13.1. The van der Waals surface area contributed by atoms with E-state index in [9.17, 15) is 4.79 Å². The molecule has 0 saturated carbocycles. The molecule has 0 fully saturated rings. The van der Waals surface area contributed by atoms with Crippen molar-refractivity contribution in [3.05, 3.63) is 28.2 Å². The summed E-state index contributed by atoms with van der Waals surface area (Å²) >= 11 is 11.5. The summed E-state index contributed by atoms with van der Waals surface area (Å²) in [7, 11) is 1.50. The number of carbonyl (C=O) groups is 1. The van der Waals surface area contributed by atoms with E-state index < -0.39 is 6.16 Å². The Labute approximate surface area is 103 Å². The van der Waals surface area contributed by atoms with Crippen LogP contribution in [0, 0.1) is 0 Å². The number of methoxy groups -OCH3 is 1. The topological polar surface area (TPSA) is 44.8 Å². The van der Waals surface area contributed by atoms with E-state index in [0.29, 0.717) is 11.6 Å². The van der Waals surface area contributed by atoms with Crippen molar-refractivity contribution in [3.63, 3.8) is 0 Å². The Kier molecular flexibility index (Phi) is 5.38. The lowest BCUT2D eigenvalue weighted by atomic mass is 10.3. The Hall–Kier alpha value is -0.970. The van der Waals surface area contributed by atoms with E-state index in [2.05, 4.69) is 0 Å². The lowest BCUT2D eigenvalue weighted by Crippen LogP contribution is -2.14. The molecule has 16 heavy (non-hydrogen) atoms. The predicted molar refractivity (Wildman–Crippen MR) is 60.3 cm³/mol. The van der Waals surface area contributed by atoms with Crippen LogP contribution < -0.4 is 4.74 Å². The lowest BCUT2D eigenvalue weighted by Gasteiger charge is -2.07. The molecule has 0 radical (unpaired) electrons. The van der Waals surface area contributed by atoms with Crippen LogP contribution in [0.4, 0.5) is 4.79 Å². The van der Waals surface area contributed by atoms with Gasteiger partial charge in [0.05, 0.1) is 11.6 Å². The monoisotopic (exact) mass is 264 g/mol. The smallest absolute Gasteiger partial charge is 0.432 e. The molecule has 1 rings (SSSR count). The number of ether oxygens (including phenoxy) is 3. The average molecular weight is 265 g/mol. The fraction of sp³-hybridized carbons (Fsp3) is 0.300. The Bertz CT molecular complexity index is 368. The van der Waals surface area contributed by atoms with Crippen LogP contribution in [0.5, 0.6) is 5.75 Å². The van der Waals surface area contributed by atoms with Crippen LogP contribution in [-0.2, 0) is 9.47 Å². The van der Waals surface area contributed by atoms with Gasteiger partial charge in [0.15, 0.2) is 5.75 Å². The minimum absolute atomic E-state index is 0.119. The molecule has 1 aromatic rings. The Morgan fingerprint density at radius 3 is 2.75 bits per heavy atom. The highest BCUT2D eigenvalue weighted by Gasteiger charge is 2.11. The minimum atomic E-state index is -0.846. The van der Waals surface area contributed by atoms with Gasteiger partial charge in [-0.2, -0.15) is 0 Å². The first-order chi connectivity index (χ1) is 7.65. The Morgan fingerprint density at radius 1 is 1.31 bits per heavy atom. The number of halogens is 2. The van der Waals surface area contributed by atoms with Crippen LogP contribution in [0.1, 0.15) is 0 Å². The van der Waals surface area contributed by atoms with Gasteiger partial charge in [-0.15, -0.1) is 0 Å². The first-order valence-corrected chi connectivity index (χ1v) is 5.18. The number of hydrogen-bond acceptors (Lipinski definition) is 4. The van der Waals surface area contributed by atoms with Crippen LogP contribution in [0.3, 0.4) is 0 Å². The highest BCUT2D eigenvalue weighted by Crippen LogP contribution is 2.31. The van der Waals surface area contributed by atoms with E-state index in [4.69, 9.17) is 37.4 Å². The number of benzene rings is 1. The van der Waals surface area contributed by atoms with Gasteiger partial charge in [0.2, 0.25) is 0 Å². The summed E-state index contributed by atoms with van der Waals surface area (Å²) in [4.78, 5) is 11.1. The van der Waals surface area contributed by atoms with E-state index in [1.807, 2.05) is 0 Å². The standard InChI is InChI=1S/C10H10Cl2O4/c1-14-5-6-15-10(13)16-8-4-2-3-7(11)9(8)12/h2-4H,5-6H2,1H3. The van der Waals surface area contributed by atoms with E-state index in [-0.39, 0.29) is 17.4 Å². The van der Waals surface area contributed by atoms with Gasteiger partial charge < -0.3 is 14.2 Å². The fourth-order valence-corrected chi connectivity index (χ4v) is 1.22. The zero-order chi connectivity index (χ0) is 12.0. The van der Waals surface area contributed by atoms with Crippen LogP contribution in [0.15, 0.2) is 18.2 Å². The van der Waals surface area contributed by atoms with Crippen molar-refractivity contribution in [3.8, 4) is 5.75 Å². The fourth-order valence-electron chi connectivity index (χ4n) is 0.890. The highest BCUT2D eigenvalue weighted by atomic mass is 35.5. The summed E-state index contributed by atoms with van der Waals surface area (Å²) < 4.78 is 14.2. The van der Waals surface area contributed by atoms with E-state index >= 15 is 0 Å². The van der Waals surface area contributed by atoms with E-state index in [0.717, 1.165) is 0 Å². The molecule has 88 valence electrons. The van der Waals surface area contributed by atoms with Gasteiger partial charge in [-0.1, -0.05) is 29.3 Å². The van der Waals surface area contributed by atoms with Crippen molar-refractivity contribution in [1.29, 1.82) is 0 Å². The maximum Gasteiger partial charge on any atom is 0.513 e. The molecule has 0 atom stereocenters. The van der Waals surface area contributed by atoms with Crippen LogP contribution in [0.2, 0.25) is 10.0 Å².